The van der Waals surface area contributed by atoms with Crippen LogP contribution in [0.1, 0.15) is 23.1 Å². The zero-order valence-electron chi connectivity index (χ0n) is 10.6. The quantitative estimate of drug-likeness (QED) is 0.871. The molecule has 2 aromatic carbocycles. The van der Waals surface area contributed by atoms with Gasteiger partial charge in [0, 0.05) is 27.5 Å². The van der Waals surface area contributed by atoms with Crippen LogP contribution in [0.4, 0.5) is 0 Å². The summed E-state index contributed by atoms with van der Waals surface area (Å²) in [5, 5.41) is 12.1. The molecule has 0 aliphatic carbocycles. The summed E-state index contributed by atoms with van der Waals surface area (Å²) >= 11 is 18.2. The molecule has 0 saturated carbocycles. The van der Waals surface area contributed by atoms with Crippen molar-refractivity contribution in [1.82, 2.24) is 0 Å². The average Bonchev–Trinajstić information content (AvgIpc) is 2.41. The summed E-state index contributed by atoms with van der Waals surface area (Å²) in [6.45, 7) is 0.254. The van der Waals surface area contributed by atoms with Gasteiger partial charge in [-0.15, -0.1) is 0 Å². The molecule has 3 N–H and O–H groups in total. The molecule has 106 valence electrons. The molecule has 2 nitrogen and oxygen atoms in total. The van der Waals surface area contributed by atoms with Crippen LogP contribution < -0.4 is 5.73 Å². The molecule has 2 unspecified atom stereocenters. The molecule has 0 saturated heterocycles. The number of nitrogens with two attached hydrogens (primary N) is 1. The van der Waals surface area contributed by atoms with Crippen LogP contribution in [0, 0.1) is 0 Å². The van der Waals surface area contributed by atoms with E-state index in [0.717, 1.165) is 5.56 Å². The van der Waals surface area contributed by atoms with E-state index in [1.54, 1.807) is 24.3 Å². The standard InChI is InChI=1S/C15H14Cl3NO/c16-9-5-6-11(14(18)7-9)15(20)12(8-19)10-3-1-2-4-13(10)17/h1-7,12,15,20H,8,19H2. The number of aliphatic hydroxyl groups is 1. The Hall–Kier alpha value is -0.770. The molecule has 2 rings (SSSR count). The van der Waals surface area contributed by atoms with Crippen molar-refractivity contribution in [2.45, 2.75) is 12.0 Å². The van der Waals surface area contributed by atoms with E-state index in [2.05, 4.69) is 0 Å². The van der Waals surface area contributed by atoms with E-state index < -0.39 is 6.10 Å². The molecular formula is C15H14Cl3NO. The highest BCUT2D eigenvalue weighted by molar-refractivity contribution is 6.35. The monoisotopic (exact) mass is 329 g/mol. The predicted molar refractivity (Wildman–Crippen MR) is 84.7 cm³/mol. The Bertz CT molecular complexity index is 603. The number of hydrogen-bond donors (Lipinski definition) is 2. The fourth-order valence-electron chi connectivity index (χ4n) is 2.16. The lowest BCUT2D eigenvalue weighted by molar-refractivity contribution is 0.147. The van der Waals surface area contributed by atoms with Crippen LogP contribution in [-0.4, -0.2) is 11.7 Å². The number of benzene rings is 2. The highest BCUT2D eigenvalue weighted by Crippen LogP contribution is 2.37. The van der Waals surface area contributed by atoms with Crippen LogP contribution in [-0.2, 0) is 0 Å². The van der Waals surface area contributed by atoms with Gasteiger partial charge in [0.15, 0.2) is 0 Å². The van der Waals surface area contributed by atoms with Crippen LogP contribution in [0.5, 0.6) is 0 Å². The third kappa shape index (κ3) is 3.27. The zero-order chi connectivity index (χ0) is 14.7. The Morgan fingerprint density at radius 2 is 1.65 bits per heavy atom. The smallest absolute Gasteiger partial charge is 0.0885 e. The molecule has 2 aromatic rings. The van der Waals surface area contributed by atoms with Gasteiger partial charge in [-0.25, -0.2) is 0 Å². The van der Waals surface area contributed by atoms with Gasteiger partial charge in [-0.2, -0.15) is 0 Å². The first kappa shape index (κ1) is 15.6. The van der Waals surface area contributed by atoms with Crippen molar-refractivity contribution < 1.29 is 5.11 Å². The maximum Gasteiger partial charge on any atom is 0.0885 e. The average molecular weight is 331 g/mol. The van der Waals surface area contributed by atoms with Gasteiger partial charge in [0.2, 0.25) is 0 Å². The highest BCUT2D eigenvalue weighted by atomic mass is 35.5. The summed E-state index contributed by atoms with van der Waals surface area (Å²) in [4.78, 5) is 0. The van der Waals surface area contributed by atoms with Gasteiger partial charge in [0.1, 0.15) is 0 Å². The van der Waals surface area contributed by atoms with Gasteiger partial charge >= 0.3 is 0 Å². The van der Waals surface area contributed by atoms with Crippen LogP contribution in [0.15, 0.2) is 42.5 Å². The predicted octanol–water partition coefficient (Wildman–Crippen LogP) is 4.42. The van der Waals surface area contributed by atoms with E-state index in [0.29, 0.717) is 20.6 Å². The van der Waals surface area contributed by atoms with E-state index in [1.807, 2.05) is 18.2 Å². The minimum Gasteiger partial charge on any atom is -0.388 e. The molecule has 20 heavy (non-hydrogen) atoms. The molecule has 0 amide bonds. The van der Waals surface area contributed by atoms with Crippen LogP contribution in [0.2, 0.25) is 15.1 Å². The van der Waals surface area contributed by atoms with Gasteiger partial charge in [-0.3, -0.25) is 0 Å². The number of halogens is 3. The summed E-state index contributed by atoms with van der Waals surface area (Å²) in [5.74, 6) is -0.331. The molecule has 0 aromatic heterocycles. The normalized spacial score (nSPS) is 14.1. The number of aliphatic hydroxyl groups excluding tert-OH is 1. The molecule has 0 bridgehead atoms. The van der Waals surface area contributed by atoms with Crippen LogP contribution in [0.25, 0.3) is 0 Å². The molecule has 0 heterocycles. The zero-order valence-corrected chi connectivity index (χ0v) is 12.8. The Morgan fingerprint density at radius 1 is 0.950 bits per heavy atom. The third-order valence-corrected chi connectivity index (χ3v) is 4.13. The molecule has 0 fully saturated rings. The largest absolute Gasteiger partial charge is 0.388 e. The van der Waals surface area contributed by atoms with E-state index in [1.165, 1.54) is 0 Å². The lowest BCUT2D eigenvalue weighted by Crippen LogP contribution is -2.20. The SMILES string of the molecule is NCC(c1ccccc1Cl)C(O)c1ccc(Cl)cc1Cl. The van der Waals surface area contributed by atoms with Gasteiger partial charge in [-0.05, 0) is 29.3 Å². The van der Waals surface area contributed by atoms with Gasteiger partial charge in [0.25, 0.3) is 0 Å². The van der Waals surface area contributed by atoms with Crippen molar-refractivity contribution in [3.8, 4) is 0 Å². The Labute approximate surface area is 133 Å². The minimum atomic E-state index is -0.843. The third-order valence-electron chi connectivity index (χ3n) is 3.22. The van der Waals surface area contributed by atoms with Crippen molar-refractivity contribution in [3.63, 3.8) is 0 Å². The fourth-order valence-corrected chi connectivity index (χ4v) is 2.96. The molecule has 0 radical (unpaired) electrons. The van der Waals surface area contributed by atoms with Crippen molar-refractivity contribution in [1.29, 1.82) is 0 Å². The Morgan fingerprint density at radius 3 is 2.25 bits per heavy atom. The topological polar surface area (TPSA) is 46.2 Å². The molecule has 2 atom stereocenters. The molecule has 5 heteroatoms. The summed E-state index contributed by atoms with van der Waals surface area (Å²) in [6, 6.07) is 12.3. The second kappa shape index (κ2) is 6.79. The van der Waals surface area contributed by atoms with E-state index >= 15 is 0 Å². The van der Waals surface area contributed by atoms with Crippen molar-refractivity contribution in [3.05, 3.63) is 68.7 Å². The van der Waals surface area contributed by atoms with Crippen molar-refractivity contribution in [2.24, 2.45) is 5.73 Å². The molecular weight excluding hydrogens is 317 g/mol. The van der Waals surface area contributed by atoms with Gasteiger partial charge in [-0.1, -0.05) is 59.1 Å². The molecule has 0 aliphatic heterocycles. The summed E-state index contributed by atoms with van der Waals surface area (Å²) in [6.07, 6.45) is -0.843. The van der Waals surface area contributed by atoms with Crippen LogP contribution in [0.3, 0.4) is 0 Å². The lowest BCUT2D eigenvalue weighted by atomic mass is 9.89. The highest BCUT2D eigenvalue weighted by Gasteiger charge is 2.25. The van der Waals surface area contributed by atoms with Gasteiger partial charge < -0.3 is 10.8 Å². The minimum absolute atomic E-state index is 0.254. The van der Waals surface area contributed by atoms with E-state index in [4.69, 9.17) is 40.5 Å². The molecule has 0 aliphatic rings. The van der Waals surface area contributed by atoms with Crippen molar-refractivity contribution in [2.75, 3.05) is 6.54 Å². The second-order valence-corrected chi connectivity index (χ2v) is 5.73. The maximum atomic E-state index is 10.6. The van der Waals surface area contributed by atoms with Crippen molar-refractivity contribution >= 4 is 34.8 Å². The molecule has 0 spiro atoms. The van der Waals surface area contributed by atoms with E-state index in [-0.39, 0.29) is 12.5 Å². The Kier molecular flexibility index (Phi) is 5.30. The second-order valence-electron chi connectivity index (χ2n) is 4.47. The summed E-state index contributed by atoms with van der Waals surface area (Å²) in [5.41, 5.74) is 7.19. The maximum absolute atomic E-state index is 10.6. The van der Waals surface area contributed by atoms with Gasteiger partial charge in [0.05, 0.1) is 6.10 Å². The summed E-state index contributed by atoms with van der Waals surface area (Å²) < 4.78 is 0. The van der Waals surface area contributed by atoms with Crippen LogP contribution >= 0.6 is 34.8 Å². The first-order valence-corrected chi connectivity index (χ1v) is 7.25. The van der Waals surface area contributed by atoms with E-state index in [9.17, 15) is 5.11 Å². The fraction of sp³-hybridized carbons (Fsp3) is 0.200. The summed E-state index contributed by atoms with van der Waals surface area (Å²) in [7, 11) is 0. The Balaban J connectivity index is 2.39. The first-order chi connectivity index (χ1) is 9.54. The first-order valence-electron chi connectivity index (χ1n) is 6.12. The number of hydrogen-bond acceptors (Lipinski definition) is 2. The number of rotatable bonds is 4. The lowest BCUT2D eigenvalue weighted by Gasteiger charge is -2.24.